The van der Waals surface area contributed by atoms with E-state index < -0.39 is 21.4 Å². The number of carbonyl (C=O) groups excluding carboxylic acids is 1. The van der Waals surface area contributed by atoms with Gasteiger partial charge in [0, 0.05) is 5.69 Å². The van der Waals surface area contributed by atoms with E-state index in [4.69, 9.17) is 4.74 Å². The number of ether oxygens (including phenoxy) is 1. The molecule has 8 heteroatoms. The Hall–Kier alpha value is -1.70. The Morgan fingerprint density at radius 2 is 2.00 bits per heavy atom. The molecule has 0 radical (unpaired) electrons. The first-order chi connectivity index (χ1) is 9.66. The summed E-state index contributed by atoms with van der Waals surface area (Å²) in [6.07, 6.45) is 1.31. The van der Waals surface area contributed by atoms with Crippen LogP contribution in [0.15, 0.2) is 6.07 Å². The molecular weight excluding hydrogens is 294 g/mol. The average molecular weight is 313 g/mol. The van der Waals surface area contributed by atoms with Crippen LogP contribution < -0.4 is 4.72 Å². The number of nitrogens with one attached hydrogen (secondary N) is 1. The monoisotopic (exact) mass is 313 g/mol. The molecule has 1 fully saturated rings. The van der Waals surface area contributed by atoms with Crippen molar-refractivity contribution in [3.05, 3.63) is 17.5 Å². The Morgan fingerprint density at radius 1 is 1.38 bits per heavy atom. The molecule has 1 aromatic heterocycles. The summed E-state index contributed by atoms with van der Waals surface area (Å²) in [6.45, 7) is 5.05. The highest BCUT2D eigenvalue weighted by atomic mass is 32.2. The zero-order valence-electron chi connectivity index (χ0n) is 12.5. The van der Waals surface area contributed by atoms with Gasteiger partial charge >= 0.3 is 5.97 Å². The average Bonchev–Trinajstić information content (AvgIpc) is 3.20. The predicted octanol–water partition coefficient (Wildman–Crippen LogP) is 1.14. The van der Waals surface area contributed by atoms with Gasteiger partial charge in [0.15, 0.2) is 0 Å². The van der Waals surface area contributed by atoms with Gasteiger partial charge < -0.3 is 4.74 Å². The van der Waals surface area contributed by atoms with E-state index in [0.29, 0.717) is 24.2 Å². The van der Waals surface area contributed by atoms with Crippen LogP contribution in [0.3, 0.4) is 0 Å². The zero-order chi connectivity index (χ0) is 15.8. The molecule has 1 aromatic rings. The summed E-state index contributed by atoms with van der Waals surface area (Å²) in [4.78, 5) is 20.1. The quantitative estimate of drug-likeness (QED) is 0.819. The van der Waals surface area contributed by atoms with Gasteiger partial charge in [-0.3, -0.25) is 9.52 Å². The lowest BCUT2D eigenvalue weighted by Gasteiger charge is -2.21. The van der Waals surface area contributed by atoms with Crippen molar-refractivity contribution in [3.8, 4) is 0 Å². The number of nitrogens with zero attached hydrogens (tertiary/aromatic N) is 2. The van der Waals surface area contributed by atoms with E-state index >= 15 is 0 Å². The van der Waals surface area contributed by atoms with Crippen LogP contribution in [0.25, 0.3) is 0 Å². The number of sulfonamides is 1. The molecule has 1 aliphatic carbocycles. The summed E-state index contributed by atoms with van der Waals surface area (Å²) < 4.78 is 31.0. The number of anilines is 1. The molecule has 0 saturated heterocycles. The van der Waals surface area contributed by atoms with Crippen LogP contribution in [0, 0.1) is 6.92 Å². The van der Waals surface area contributed by atoms with Crippen molar-refractivity contribution in [2.24, 2.45) is 0 Å². The molecule has 1 N–H and O–H groups in total. The summed E-state index contributed by atoms with van der Waals surface area (Å²) in [5.41, 5.74) is 0.00297. The van der Waals surface area contributed by atoms with Gasteiger partial charge in [0.2, 0.25) is 16.0 Å². The lowest BCUT2D eigenvalue weighted by Crippen LogP contribution is -2.32. The van der Waals surface area contributed by atoms with E-state index in [1.165, 1.54) is 7.11 Å². The fourth-order valence-electron chi connectivity index (χ4n) is 1.88. The number of carbonyl (C=O) groups is 1. The second-order valence-corrected chi connectivity index (χ2v) is 7.64. The summed E-state index contributed by atoms with van der Waals surface area (Å²) in [5, 5.41) is -0.362. The summed E-state index contributed by atoms with van der Waals surface area (Å²) >= 11 is 0. The second-order valence-electron chi connectivity index (χ2n) is 5.68. The van der Waals surface area contributed by atoms with Crippen LogP contribution in [-0.4, -0.2) is 36.7 Å². The number of methoxy groups -OCH3 is 1. The highest BCUT2D eigenvalue weighted by molar-refractivity contribution is 7.93. The van der Waals surface area contributed by atoms with Gasteiger partial charge in [-0.25, -0.2) is 18.4 Å². The molecule has 1 saturated carbocycles. The minimum absolute atomic E-state index is 0.00567. The van der Waals surface area contributed by atoms with E-state index in [9.17, 15) is 13.2 Å². The van der Waals surface area contributed by atoms with Crippen molar-refractivity contribution in [1.29, 1.82) is 0 Å². The van der Waals surface area contributed by atoms with Crippen LogP contribution in [0.2, 0.25) is 0 Å². The molecule has 0 bridgehead atoms. The highest BCUT2D eigenvalue weighted by Gasteiger charge is 2.37. The zero-order valence-corrected chi connectivity index (χ0v) is 13.3. The van der Waals surface area contributed by atoms with Crippen molar-refractivity contribution < 1.29 is 17.9 Å². The Kier molecular flexibility index (Phi) is 3.92. The Bertz CT molecular complexity index is 666. The van der Waals surface area contributed by atoms with Crippen LogP contribution in [0.5, 0.6) is 0 Å². The minimum Gasteiger partial charge on any atom is -0.468 e. The molecule has 0 atom stereocenters. The molecule has 0 aromatic carbocycles. The standard InChI is InChI=1S/C13H19N3O4S/c1-8-7-10(13(2,3)11(17)20-4)15-12(14-8)16-21(18,19)9-5-6-9/h7,9H,5-6H2,1-4H3,(H,14,15,16). The van der Waals surface area contributed by atoms with Crippen LogP contribution in [-0.2, 0) is 25.0 Å². The maximum Gasteiger partial charge on any atom is 0.317 e. The lowest BCUT2D eigenvalue weighted by molar-refractivity contribution is -0.146. The SMILES string of the molecule is COC(=O)C(C)(C)c1cc(C)nc(NS(=O)(=O)C2CC2)n1. The fourth-order valence-corrected chi connectivity index (χ4v) is 3.15. The third kappa shape index (κ3) is 3.31. The summed E-state index contributed by atoms with van der Waals surface area (Å²) in [5.74, 6) is -0.453. The number of rotatable bonds is 5. The third-order valence-corrected chi connectivity index (χ3v) is 5.20. The van der Waals surface area contributed by atoms with Gasteiger partial charge in [0.1, 0.15) is 5.41 Å². The normalized spacial score (nSPS) is 15.6. The number of hydrogen-bond donors (Lipinski definition) is 1. The second kappa shape index (κ2) is 5.25. The van der Waals surface area contributed by atoms with Crippen molar-refractivity contribution in [2.45, 2.75) is 44.3 Å². The Labute approximate surface area is 124 Å². The highest BCUT2D eigenvalue weighted by Crippen LogP contribution is 2.30. The van der Waals surface area contributed by atoms with Crippen LogP contribution in [0.1, 0.15) is 38.1 Å². The molecule has 21 heavy (non-hydrogen) atoms. The lowest BCUT2D eigenvalue weighted by atomic mass is 9.89. The predicted molar refractivity (Wildman–Crippen MR) is 77.4 cm³/mol. The van der Waals surface area contributed by atoms with Crippen molar-refractivity contribution in [1.82, 2.24) is 9.97 Å². The first kappa shape index (κ1) is 15.7. The van der Waals surface area contributed by atoms with Crippen LogP contribution in [0.4, 0.5) is 5.95 Å². The number of aromatic nitrogens is 2. The molecular formula is C13H19N3O4S. The smallest absolute Gasteiger partial charge is 0.317 e. The van der Waals surface area contributed by atoms with Crippen LogP contribution >= 0.6 is 0 Å². The van der Waals surface area contributed by atoms with Gasteiger partial charge in [0.25, 0.3) is 0 Å². The van der Waals surface area contributed by atoms with Gasteiger partial charge in [-0.15, -0.1) is 0 Å². The Morgan fingerprint density at radius 3 is 2.52 bits per heavy atom. The maximum absolute atomic E-state index is 11.9. The van der Waals surface area contributed by atoms with E-state index in [0.717, 1.165) is 0 Å². The van der Waals surface area contributed by atoms with Crippen molar-refractivity contribution in [3.63, 3.8) is 0 Å². The molecule has 116 valence electrons. The molecule has 0 aliphatic heterocycles. The van der Waals surface area contributed by atoms with Gasteiger partial charge in [-0.1, -0.05) is 0 Å². The molecule has 1 heterocycles. The topological polar surface area (TPSA) is 98.2 Å². The summed E-state index contributed by atoms with van der Waals surface area (Å²) in [6, 6.07) is 1.64. The van der Waals surface area contributed by atoms with Gasteiger partial charge in [0.05, 0.1) is 18.1 Å². The first-order valence-electron chi connectivity index (χ1n) is 6.63. The van der Waals surface area contributed by atoms with Gasteiger partial charge in [-0.2, -0.15) is 0 Å². The fraction of sp³-hybridized carbons (Fsp3) is 0.615. The number of esters is 1. The molecule has 0 spiro atoms. The third-order valence-electron chi connectivity index (χ3n) is 3.39. The molecule has 0 unspecified atom stereocenters. The van der Waals surface area contributed by atoms with Gasteiger partial charge in [-0.05, 0) is 39.7 Å². The first-order valence-corrected chi connectivity index (χ1v) is 8.17. The minimum atomic E-state index is -3.44. The maximum atomic E-state index is 11.9. The molecule has 0 amide bonds. The largest absolute Gasteiger partial charge is 0.468 e. The van der Waals surface area contributed by atoms with E-state index in [-0.39, 0.29) is 11.2 Å². The molecule has 7 nitrogen and oxygen atoms in total. The molecule has 2 rings (SSSR count). The Balaban J connectivity index is 2.35. The number of aryl methyl sites for hydroxylation is 1. The van der Waals surface area contributed by atoms with E-state index in [2.05, 4.69) is 14.7 Å². The molecule has 1 aliphatic rings. The summed E-state index contributed by atoms with van der Waals surface area (Å²) in [7, 11) is -2.14. The number of hydrogen-bond acceptors (Lipinski definition) is 6. The van der Waals surface area contributed by atoms with E-state index in [1.807, 2.05) is 0 Å². The van der Waals surface area contributed by atoms with Crippen molar-refractivity contribution in [2.75, 3.05) is 11.8 Å². The van der Waals surface area contributed by atoms with E-state index in [1.54, 1.807) is 26.8 Å². The van der Waals surface area contributed by atoms with Crippen molar-refractivity contribution >= 4 is 21.9 Å².